The molecular weight excluding hydrogens is 288 g/mol. The van der Waals surface area contributed by atoms with Gasteiger partial charge in [-0.2, -0.15) is 0 Å². The minimum Gasteiger partial charge on any atom is -0.350 e. The van der Waals surface area contributed by atoms with Crippen molar-refractivity contribution in [2.24, 2.45) is 0 Å². The summed E-state index contributed by atoms with van der Waals surface area (Å²) in [6.45, 7) is 3.70. The van der Waals surface area contributed by atoms with E-state index in [9.17, 15) is 4.79 Å². The Morgan fingerprint density at radius 3 is 2.96 bits per heavy atom. The molecule has 5 nitrogen and oxygen atoms in total. The summed E-state index contributed by atoms with van der Waals surface area (Å²) in [6, 6.07) is 9.91. The van der Waals surface area contributed by atoms with Crippen LogP contribution in [0.25, 0.3) is 0 Å². The molecule has 0 radical (unpaired) electrons. The van der Waals surface area contributed by atoms with Crippen LogP contribution >= 0.6 is 0 Å². The molecule has 122 valence electrons. The molecule has 0 saturated carbocycles. The molecule has 0 fully saturated rings. The Morgan fingerprint density at radius 2 is 2.22 bits per heavy atom. The Kier molecular flexibility index (Phi) is 4.76. The lowest BCUT2D eigenvalue weighted by Gasteiger charge is -2.30. The van der Waals surface area contributed by atoms with Crippen LogP contribution in [0, 0.1) is 0 Å². The number of rotatable bonds is 5. The average molecular weight is 312 g/mol. The van der Waals surface area contributed by atoms with Crippen LogP contribution in [0.2, 0.25) is 0 Å². The van der Waals surface area contributed by atoms with Gasteiger partial charge in [-0.15, -0.1) is 0 Å². The fourth-order valence-electron chi connectivity index (χ4n) is 3.19. The number of benzene rings is 1. The molecule has 2 atom stereocenters. The second-order valence-corrected chi connectivity index (χ2v) is 6.13. The second kappa shape index (κ2) is 6.96. The van der Waals surface area contributed by atoms with Gasteiger partial charge in [-0.1, -0.05) is 37.3 Å². The molecule has 1 aromatic carbocycles. The van der Waals surface area contributed by atoms with Crippen LogP contribution in [-0.4, -0.2) is 40.0 Å². The zero-order chi connectivity index (χ0) is 16.2. The summed E-state index contributed by atoms with van der Waals surface area (Å²) in [5.41, 5.74) is 1.04. The zero-order valence-corrected chi connectivity index (χ0v) is 13.8. The summed E-state index contributed by atoms with van der Waals surface area (Å²) < 4.78 is 2.13. The molecule has 3 rings (SSSR count). The highest BCUT2D eigenvalue weighted by molar-refractivity contribution is 5.83. The summed E-state index contributed by atoms with van der Waals surface area (Å²) in [7, 11) is 1.99. The monoisotopic (exact) mass is 312 g/mol. The van der Waals surface area contributed by atoms with Crippen LogP contribution in [0.4, 0.5) is 0 Å². The van der Waals surface area contributed by atoms with Gasteiger partial charge in [-0.3, -0.25) is 9.69 Å². The molecule has 0 unspecified atom stereocenters. The van der Waals surface area contributed by atoms with E-state index in [0.29, 0.717) is 0 Å². The summed E-state index contributed by atoms with van der Waals surface area (Å²) in [6.07, 6.45) is 5.68. The Hall–Kier alpha value is -2.14. The number of aryl methyl sites for hydroxylation is 1. The Morgan fingerprint density at radius 1 is 1.43 bits per heavy atom. The van der Waals surface area contributed by atoms with E-state index in [1.165, 1.54) is 0 Å². The average Bonchev–Trinajstić information content (AvgIpc) is 3.03. The van der Waals surface area contributed by atoms with Gasteiger partial charge in [0, 0.05) is 31.4 Å². The second-order valence-electron chi connectivity index (χ2n) is 6.13. The number of likely N-dealkylation sites (N-methyl/N-ethyl adjacent to an activating group) is 1. The Balaban J connectivity index is 1.72. The number of hydrogen-bond donors (Lipinski definition) is 1. The van der Waals surface area contributed by atoms with Crippen molar-refractivity contribution in [2.75, 3.05) is 13.6 Å². The zero-order valence-electron chi connectivity index (χ0n) is 13.8. The normalized spacial score (nSPS) is 18.5. The number of fused-ring (bicyclic) bond motifs is 1. The number of nitrogens with one attached hydrogen (secondary N) is 1. The highest BCUT2D eigenvalue weighted by Crippen LogP contribution is 2.21. The van der Waals surface area contributed by atoms with Crippen LogP contribution in [-0.2, 0) is 17.8 Å². The number of carbonyl (C=O) groups is 1. The van der Waals surface area contributed by atoms with E-state index >= 15 is 0 Å². The molecule has 5 heteroatoms. The lowest BCUT2D eigenvalue weighted by molar-refractivity contribution is -0.127. The fraction of sp³-hybridized carbons (Fsp3) is 0.444. The van der Waals surface area contributed by atoms with Crippen LogP contribution in [0.3, 0.4) is 0 Å². The first-order chi connectivity index (χ1) is 11.2. The SMILES string of the molecule is CCN(C)[C@H](C(=O)N[C@@H]1CCc2nccn2C1)c1ccccc1. The predicted octanol–water partition coefficient (Wildman–Crippen LogP) is 2.01. The lowest BCUT2D eigenvalue weighted by Crippen LogP contribution is -2.46. The molecule has 2 heterocycles. The molecule has 2 aromatic rings. The first-order valence-corrected chi connectivity index (χ1v) is 8.24. The van der Waals surface area contributed by atoms with Crippen molar-refractivity contribution in [3.8, 4) is 0 Å². The summed E-state index contributed by atoms with van der Waals surface area (Å²) in [5.74, 6) is 1.19. The highest BCUT2D eigenvalue weighted by Gasteiger charge is 2.27. The molecule has 0 aliphatic carbocycles. The smallest absolute Gasteiger partial charge is 0.242 e. The standard InChI is InChI=1S/C18H24N4O/c1-3-21(2)17(14-7-5-4-6-8-14)18(23)20-15-9-10-16-19-11-12-22(16)13-15/h4-8,11-12,15,17H,3,9-10,13H2,1-2H3,(H,20,23)/t15-,17+/m1/s1. The number of carbonyl (C=O) groups excluding carboxylic acids is 1. The maximum absolute atomic E-state index is 12.9. The molecule has 0 saturated heterocycles. The summed E-state index contributed by atoms with van der Waals surface area (Å²) in [4.78, 5) is 19.3. The van der Waals surface area contributed by atoms with Gasteiger partial charge in [0.25, 0.3) is 0 Å². The number of amides is 1. The van der Waals surface area contributed by atoms with Crippen LogP contribution in [0.1, 0.15) is 30.8 Å². The first kappa shape index (κ1) is 15.7. The predicted molar refractivity (Wildman–Crippen MR) is 90.0 cm³/mol. The van der Waals surface area contributed by atoms with Gasteiger partial charge in [0.2, 0.25) is 5.91 Å². The molecule has 1 N–H and O–H groups in total. The van der Waals surface area contributed by atoms with Crippen LogP contribution in [0.15, 0.2) is 42.7 Å². The van der Waals surface area contributed by atoms with E-state index in [1.54, 1.807) is 0 Å². The molecule has 0 spiro atoms. The van der Waals surface area contributed by atoms with E-state index in [1.807, 2.05) is 49.8 Å². The first-order valence-electron chi connectivity index (χ1n) is 8.24. The van der Waals surface area contributed by atoms with Crippen molar-refractivity contribution >= 4 is 5.91 Å². The van der Waals surface area contributed by atoms with Crippen molar-refractivity contribution < 1.29 is 4.79 Å². The largest absolute Gasteiger partial charge is 0.350 e. The minimum absolute atomic E-state index is 0.0779. The number of aromatic nitrogens is 2. The van der Waals surface area contributed by atoms with Gasteiger partial charge in [-0.05, 0) is 25.6 Å². The quantitative estimate of drug-likeness (QED) is 0.919. The van der Waals surface area contributed by atoms with E-state index in [2.05, 4.69) is 26.7 Å². The fourth-order valence-corrected chi connectivity index (χ4v) is 3.19. The van der Waals surface area contributed by atoms with Crippen LogP contribution < -0.4 is 5.32 Å². The maximum Gasteiger partial charge on any atom is 0.242 e. The Bertz CT molecular complexity index is 652. The van der Waals surface area contributed by atoms with Gasteiger partial charge in [0.1, 0.15) is 11.9 Å². The van der Waals surface area contributed by atoms with E-state index in [-0.39, 0.29) is 18.0 Å². The van der Waals surface area contributed by atoms with Crippen molar-refractivity contribution in [3.05, 3.63) is 54.1 Å². The lowest BCUT2D eigenvalue weighted by atomic mass is 10.0. The summed E-state index contributed by atoms with van der Waals surface area (Å²) in [5, 5.41) is 3.23. The van der Waals surface area contributed by atoms with Gasteiger partial charge in [0.05, 0.1) is 0 Å². The van der Waals surface area contributed by atoms with E-state index < -0.39 is 0 Å². The Labute approximate surface area is 137 Å². The van der Waals surface area contributed by atoms with E-state index in [0.717, 1.165) is 37.3 Å². The van der Waals surface area contributed by atoms with Gasteiger partial charge in [0.15, 0.2) is 0 Å². The molecular formula is C18H24N4O. The third kappa shape index (κ3) is 3.45. The number of hydrogen-bond acceptors (Lipinski definition) is 3. The number of imidazole rings is 1. The van der Waals surface area contributed by atoms with E-state index in [4.69, 9.17) is 0 Å². The summed E-state index contributed by atoms with van der Waals surface area (Å²) >= 11 is 0. The third-order valence-electron chi connectivity index (χ3n) is 4.58. The molecule has 1 aliphatic heterocycles. The molecule has 1 aliphatic rings. The van der Waals surface area contributed by atoms with Gasteiger partial charge < -0.3 is 9.88 Å². The number of nitrogens with zero attached hydrogens (tertiary/aromatic N) is 3. The molecule has 1 aromatic heterocycles. The molecule has 23 heavy (non-hydrogen) atoms. The topological polar surface area (TPSA) is 50.2 Å². The highest BCUT2D eigenvalue weighted by atomic mass is 16.2. The minimum atomic E-state index is -0.245. The molecule has 0 bridgehead atoms. The third-order valence-corrected chi connectivity index (χ3v) is 4.58. The van der Waals surface area contributed by atoms with Crippen molar-refractivity contribution in [3.63, 3.8) is 0 Å². The molecule has 1 amide bonds. The van der Waals surface area contributed by atoms with Gasteiger partial charge >= 0.3 is 0 Å². The van der Waals surface area contributed by atoms with Crippen molar-refractivity contribution in [1.82, 2.24) is 19.8 Å². The van der Waals surface area contributed by atoms with Crippen molar-refractivity contribution in [2.45, 2.75) is 38.4 Å². The van der Waals surface area contributed by atoms with Crippen LogP contribution in [0.5, 0.6) is 0 Å². The van der Waals surface area contributed by atoms with Gasteiger partial charge in [-0.25, -0.2) is 4.98 Å². The van der Waals surface area contributed by atoms with Crippen molar-refractivity contribution in [1.29, 1.82) is 0 Å². The maximum atomic E-state index is 12.9.